The number of rotatable bonds is 19. The van der Waals surface area contributed by atoms with Crippen LogP contribution in [0.25, 0.3) is 22.1 Å². The zero-order chi connectivity index (χ0) is 45.5. The number of hydrogen-bond acceptors (Lipinski definition) is 15. The Morgan fingerprint density at radius 1 is 0.875 bits per heavy atom. The zero-order valence-corrected chi connectivity index (χ0v) is 38.8. The van der Waals surface area contributed by atoms with Gasteiger partial charge >= 0.3 is 11.9 Å². The lowest BCUT2D eigenvalue weighted by atomic mass is 10.1. The predicted octanol–water partition coefficient (Wildman–Crippen LogP) is 6.57. The van der Waals surface area contributed by atoms with Crippen molar-refractivity contribution >= 4 is 74.7 Å². The molecule has 0 aliphatic carbocycles. The monoisotopic (exact) mass is 911 g/mol. The van der Waals surface area contributed by atoms with Crippen molar-refractivity contribution in [2.75, 3.05) is 65.2 Å². The standard InChI is InChI=1S/C45H53N9O8S2/c1-8-31-41(64-28(4)46-31)35(55)26-38-47-32-22-29(43(57)60-6)24-36(59-5)39(32)52(38)14-10-11-15-53-40-33(48-45(53)49-42(56)34-21-27(3)50-54(34)9-2)23-30(44(58)61-7)25-37(40)63-20-12-13-51-16-18-62-19-17-51/h10-11,21-25H,8-9,12-20,26H2,1-7H3,(H,48,49,56)/b11-10+. The van der Waals surface area contributed by atoms with Gasteiger partial charge in [0.1, 0.15) is 22.8 Å². The first-order valence-electron chi connectivity index (χ1n) is 21.2. The van der Waals surface area contributed by atoms with E-state index in [9.17, 15) is 19.2 Å². The van der Waals surface area contributed by atoms with Gasteiger partial charge in [0.2, 0.25) is 5.95 Å². The number of hydrogen-bond donors (Lipinski definition) is 1. The molecule has 6 aromatic rings. The molecular weight excluding hydrogens is 859 g/mol. The highest BCUT2D eigenvalue weighted by Gasteiger charge is 2.25. The molecule has 64 heavy (non-hydrogen) atoms. The third-order valence-corrected chi connectivity index (χ3v) is 13.0. The van der Waals surface area contributed by atoms with Gasteiger partial charge in [-0.05, 0) is 76.2 Å². The van der Waals surface area contributed by atoms with Crippen molar-refractivity contribution in [3.63, 3.8) is 0 Å². The highest BCUT2D eigenvalue weighted by Crippen LogP contribution is 2.34. The number of carbonyl (C=O) groups excluding carboxylic acids is 4. The molecule has 19 heteroatoms. The Kier molecular flexibility index (Phi) is 14.9. The SMILES string of the molecule is CCc1nc(C)sc1C(=O)Cc1nc2cc(C(=O)OC)cc(OC)c2n1C/C=C/Cn1c(NC(=O)c2cc(C)nn2CC)nc2cc(C(=O)OC)cc(SCCCN3CCOCC3)c21. The molecule has 0 saturated carbocycles. The number of imidazole rings is 2. The van der Waals surface area contributed by atoms with E-state index in [0.717, 1.165) is 66.1 Å². The first-order chi connectivity index (χ1) is 31.0. The fraction of sp³-hybridized carbons (Fsp3) is 0.422. The fourth-order valence-electron chi connectivity index (χ4n) is 7.79. The molecule has 4 aromatic heterocycles. The van der Waals surface area contributed by atoms with Gasteiger partial charge in [-0.3, -0.25) is 24.5 Å². The molecule has 338 valence electrons. The number of benzene rings is 2. The largest absolute Gasteiger partial charge is 0.494 e. The summed E-state index contributed by atoms with van der Waals surface area (Å²) in [6.07, 6.45) is 5.41. The van der Waals surface area contributed by atoms with Gasteiger partial charge < -0.3 is 28.1 Å². The minimum Gasteiger partial charge on any atom is -0.494 e. The minimum atomic E-state index is -0.543. The number of Topliss-reactive ketones (excluding diaryl/α,β-unsaturated/α-hetero) is 1. The number of nitrogens with zero attached hydrogens (tertiary/aromatic N) is 8. The Bertz CT molecular complexity index is 2730. The summed E-state index contributed by atoms with van der Waals surface area (Å²) in [5.74, 6) is 0.398. The van der Waals surface area contributed by atoms with Gasteiger partial charge in [0.15, 0.2) is 5.78 Å². The molecular formula is C45H53N9O8S2. The molecule has 5 heterocycles. The lowest BCUT2D eigenvalue weighted by Crippen LogP contribution is -2.36. The molecule has 1 N–H and O–H groups in total. The summed E-state index contributed by atoms with van der Waals surface area (Å²) in [5.41, 5.74) is 4.79. The lowest BCUT2D eigenvalue weighted by molar-refractivity contribution is 0.0381. The summed E-state index contributed by atoms with van der Waals surface area (Å²) in [7, 11) is 4.17. The van der Waals surface area contributed by atoms with Gasteiger partial charge in [-0.25, -0.2) is 24.5 Å². The number of nitrogens with one attached hydrogen (secondary N) is 1. The number of thiazole rings is 1. The number of fused-ring (bicyclic) bond motifs is 2. The molecule has 0 radical (unpaired) electrons. The third kappa shape index (κ3) is 10.1. The van der Waals surface area contributed by atoms with Gasteiger partial charge in [-0.15, -0.1) is 23.1 Å². The van der Waals surface area contributed by atoms with E-state index in [1.165, 1.54) is 32.7 Å². The molecule has 1 fully saturated rings. The number of aromatic nitrogens is 7. The second kappa shape index (κ2) is 20.7. The van der Waals surface area contributed by atoms with Crippen molar-refractivity contribution in [1.29, 1.82) is 0 Å². The van der Waals surface area contributed by atoms with Crippen LogP contribution in [0.2, 0.25) is 0 Å². The average molecular weight is 912 g/mol. The molecule has 17 nitrogen and oxygen atoms in total. The van der Waals surface area contributed by atoms with Crippen molar-refractivity contribution in [2.45, 2.75) is 71.5 Å². The first kappa shape index (κ1) is 46.1. The number of methoxy groups -OCH3 is 3. The summed E-state index contributed by atoms with van der Waals surface area (Å²) in [6.45, 7) is 12.8. The maximum Gasteiger partial charge on any atom is 0.338 e. The molecule has 0 spiro atoms. The van der Waals surface area contributed by atoms with Gasteiger partial charge in [0, 0.05) is 37.6 Å². The van der Waals surface area contributed by atoms with Crippen molar-refractivity contribution in [3.05, 3.63) is 86.4 Å². The van der Waals surface area contributed by atoms with E-state index >= 15 is 0 Å². The number of esters is 2. The molecule has 1 aliphatic heterocycles. The van der Waals surface area contributed by atoms with E-state index in [1.807, 2.05) is 55.0 Å². The number of aryl methyl sites for hydroxylation is 4. The van der Waals surface area contributed by atoms with E-state index in [2.05, 4.69) is 20.3 Å². The van der Waals surface area contributed by atoms with Crippen LogP contribution in [0.4, 0.5) is 5.95 Å². The van der Waals surface area contributed by atoms with Crippen LogP contribution in [0.5, 0.6) is 5.75 Å². The van der Waals surface area contributed by atoms with Crippen molar-refractivity contribution in [2.24, 2.45) is 0 Å². The number of ketones is 1. The molecule has 0 bridgehead atoms. The van der Waals surface area contributed by atoms with Gasteiger partial charge in [-0.1, -0.05) is 19.1 Å². The first-order valence-corrected chi connectivity index (χ1v) is 23.0. The molecule has 1 amide bonds. The second-order valence-electron chi connectivity index (χ2n) is 15.1. The van der Waals surface area contributed by atoms with Crippen LogP contribution in [-0.4, -0.2) is 122 Å². The summed E-state index contributed by atoms with van der Waals surface area (Å²) in [4.78, 5) is 71.6. The summed E-state index contributed by atoms with van der Waals surface area (Å²) in [6, 6.07) is 8.47. The van der Waals surface area contributed by atoms with E-state index in [4.69, 9.17) is 28.9 Å². The Morgan fingerprint density at radius 3 is 2.23 bits per heavy atom. The van der Waals surface area contributed by atoms with Crippen LogP contribution < -0.4 is 10.1 Å². The molecule has 2 aromatic carbocycles. The average Bonchev–Trinajstić information content (AvgIpc) is 4.07. The van der Waals surface area contributed by atoms with Crippen LogP contribution in [0.3, 0.4) is 0 Å². The minimum absolute atomic E-state index is 0.0152. The number of anilines is 1. The molecule has 1 saturated heterocycles. The van der Waals surface area contributed by atoms with Gasteiger partial charge in [-0.2, -0.15) is 5.10 Å². The molecule has 0 unspecified atom stereocenters. The number of amides is 1. The number of allylic oxidation sites excluding steroid dienone is 2. The summed E-state index contributed by atoms with van der Waals surface area (Å²) >= 11 is 2.98. The van der Waals surface area contributed by atoms with E-state index < -0.39 is 11.9 Å². The van der Waals surface area contributed by atoms with E-state index in [0.29, 0.717) is 62.9 Å². The normalized spacial score (nSPS) is 13.3. The topological polar surface area (TPSA) is 187 Å². The summed E-state index contributed by atoms with van der Waals surface area (Å²) < 4.78 is 26.9. The fourth-order valence-corrected chi connectivity index (χ4v) is 9.79. The molecule has 7 rings (SSSR count). The Hall–Kier alpha value is -5.89. The van der Waals surface area contributed by atoms with Crippen LogP contribution in [-0.2, 0) is 46.7 Å². The highest BCUT2D eigenvalue weighted by molar-refractivity contribution is 7.99. The zero-order valence-electron chi connectivity index (χ0n) is 37.2. The number of thioether (sulfide) groups is 1. The Labute approximate surface area is 379 Å². The summed E-state index contributed by atoms with van der Waals surface area (Å²) in [5, 5.41) is 8.31. The van der Waals surface area contributed by atoms with Crippen molar-refractivity contribution in [1.82, 2.24) is 38.8 Å². The van der Waals surface area contributed by atoms with E-state index in [1.54, 1.807) is 40.7 Å². The van der Waals surface area contributed by atoms with Crippen molar-refractivity contribution < 1.29 is 38.1 Å². The van der Waals surface area contributed by atoms with Crippen LogP contribution in [0, 0.1) is 13.8 Å². The van der Waals surface area contributed by atoms with Crippen LogP contribution in [0.1, 0.15) is 83.4 Å². The maximum atomic E-state index is 13.9. The third-order valence-electron chi connectivity index (χ3n) is 10.8. The maximum absolute atomic E-state index is 13.9. The van der Waals surface area contributed by atoms with E-state index in [-0.39, 0.29) is 42.7 Å². The smallest absolute Gasteiger partial charge is 0.338 e. The Balaban J connectivity index is 1.26. The number of ether oxygens (including phenoxy) is 4. The lowest BCUT2D eigenvalue weighted by Gasteiger charge is -2.26. The predicted molar refractivity (Wildman–Crippen MR) is 245 cm³/mol. The van der Waals surface area contributed by atoms with Crippen LogP contribution >= 0.6 is 23.1 Å². The van der Waals surface area contributed by atoms with Crippen molar-refractivity contribution in [3.8, 4) is 5.75 Å². The number of morpholine rings is 1. The quantitative estimate of drug-likeness (QED) is 0.0302. The molecule has 1 aliphatic rings. The van der Waals surface area contributed by atoms with Gasteiger partial charge in [0.25, 0.3) is 5.91 Å². The molecule has 0 atom stereocenters. The highest BCUT2D eigenvalue weighted by atomic mass is 32.2. The second-order valence-corrected chi connectivity index (χ2v) is 17.4. The number of carbonyl (C=O) groups is 4. The van der Waals surface area contributed by atoms with Gasteiger partial charge in [0.05, 0.1) is 89.9 Å². The Morgan fingerprint density at radius 2 is 1.56 bits per heavy atom. The van der Waals surface area contributed by atoms with Crippen LogP contribution in [0.15, 0.2) is 47.4 Å².